The second-order valence-electron chi connectivity index (χ2n) is 9.61. The van der Waals surface area contributed by atoms with Crippen molar-refractivity contribution in [3.05, 3.63) is 83.8 Å². The lowest BCUT2D eigenvalue weighted by atomic mass is 10.1. The molecule has 2 aromatic carbocycles. The third-order valence-electron chi connectivity index (χ3n) is 6.95. The van der Waals surface area contributed by atoms with Crippen molar-refractivity contribution in [2.24, 2.45) is 0 Å². The van der Waals surface area contributed by atoms with Crippen LogP contribution >= 0.6 is 0 Å². The molecule has 1 N–H and O–H groups in total. The lowest BCUT2D eigenvalue weighted by Crippen LogP contribution is -2.33. The van der Waals surface area contributed by atoms with E-state index in [1.807, 2.05) is 24.3 Å². The van der Waals surface area contributed by atoms with Gasteiger partial charge in [0.25, 0.3) is 5.91 Å². The molecule has 10 heteroatoms. The number of halogens is 1. The molecule has 3 aromatic heterocycles. The van der Waals surface area contributed by atoms with Crippen molar-refractivity contribution in [3.63, 3.8) is 0 Å². The van der Waals surface area contributed by atoms with E-state index in [1.165, 1.54) is 12.1 Å². The third kappa shape index (κ3) is 5.18. The molecule has 1 fully saturated rings. The zero-order valence-electron chi connectivity index (χ0n) is 21.2. The Morgan fingerprint density at radius 1 is 0.974 bits per heavy atom. The molecule has 39 heavy (non-hydrogen) atoms. The Morgan fingerprint density at radius 2 is 1.82 bits per heavy atom. The number of nitrogens with one attached hydrogen (secondary N) is 1. The van der Waals surface area contributed by atoms with Crippen molar-refractivity contribution in [3.8, 4) is 11.3 Å². The number of carbonyl (C=O) groups excluding carboxylic acids is 2. The van der Waals surface area contributed by atoms with E-state index in [-0.39, 0.29) is 24.4 Å². The van der Waals surface area contributed by atoms with Crippen LogP contribution < -0.4 is 5.32 Å². The molecule has 9 nitrogen and oxygen atoms in total. The number of nitrogens with zero attached hydrogens (tertiary/aromatic N) is 6. The number of aromatic nitrogens is 5. The van der Waals surface area contributed by atoms with Gasteiger partial charge in [-0.05, 0) is 60.9 Å². The van der Waals surface area contributed by atoms with Gasteiger partial charge in [-0.3, -0.25) is 14.6 Å². The molecule has 6 rings (SSSR count). The van der Waals surface area contributed by atoms with Crippen LogP contribution in [-0.4, -0.2) is 61.3 Å². The van der Waals surface area contributed by atoms with Gasteiger partial charge in [-0.15, -0.1) is 5.10 Å². The molecule has 0 unspecified atom stereocenters. The number of fused-ring (bicyclic) bond motifs is 2. The summed E-state index contributed by atoms with van der Waals surface area (Å²) in [6.45, 7) is 2.16. The number of benzene rings is 2. The van der Waals surface area contributed by atoms with Gasteiger partial charge in [0.1, 0.15) is 11.3 Å². The number of rotatable bonds is 7. The van der Waals surface area contributed by atoms with Crippen LogP contribution in [0, 0.1) is 5.82 Å². The number of hydrogen-bond acceptors (Lipinski definition) is 6. The minimum Gasteiger partial charge on any atom is -0.351 e. The standard InChI is InChI=1S/C29H26FN7O2/c30-23-17-21(6-7-22(23)29(39)32-13-11-27(38)36-14-1-2-15-36)25-9-10-26-28(33-25)37(35-34-26)18-19-5-8-24-20(16-19)4-3-12-31-24/h3-10,12,16-17H,1-2,11,13-15,18H2,(H,32,39). The first-order chi connectivity index (χ1) is 19.0. The molecule has 2 amide bonds. The minimum atomic E-state index is -0.658. The van der Waals surface area contributed by atoms with Gasteiger partial charge in [0, 0.05) is 43.2 Å². The highest BCUT2D eigenvalue weighted by atomic mass is 19.1. The summed E-state index contributed by atoms with van der Waals surface area (Å²) in [7, 11) is 0. The molecule has 0 radical (unpaired) electrons. The van der Waals surface area contributed by atoms with E-state index in [1.54, 1.807) is 34.0 Å². The van der Waals surface area contributed by atoms with Gasteiger partial charge >= 0.3 is 0 Å². The van der Waals surface area contributed by atoms with E-state index in [0.29, 0.717) is 29.0 Å². The summed E-state index contributed by atoms with van der Waals surface area (Å²) in [6, 6.07) is 17.9. The van der Waals surface area contributed by atoms with Crippen LogP contribution in [0.25, 0.3) is 33.3 Å². The van der Waals surface area contributed by atoms with Crippen molar-refractivity contribution in [2.75, 3.05) is 19.6 Å². The highest BCUT2D eigenvalue weighted by Gasteiger charge is 2.19. The molecule has 0 atom stereocenters. The minimum absolute atomic E-state index is 0.0106. The quantitative estimate of drug-likeness (QED) is 0.346. The predicted molar refractivity (Wildman–Crippen MR) is 144 cm³/mol. The predicted octanol–water partition coefficient (Wildman–Crippen LogP) is 3.97. The van der Waals surface area contributed by atoms with Crippen LogP contribution in [0.1, 0.15) is 35.2 Å². The first kappa shape index (κ1) is 24.6. The van der Waals surface area contributed by atoms with Gasteiger partial charge in [-0.2, -0.15) is 0 Å². The lowest BCUT2D eigenvalue weighted by Gasteiger charge is -2.15. The highest BCUT2D eigenvalue weighted by Crippen LogP contribution is 2.23. The zero-order chi connectivity index (χ0) is 26.8. The lowest BCUT2D eigenvalue weighted by molar-refractivity contribution is -0.129. The van der Waals surface area contributed by atoms with Crippen molar-refractivity contribution >= 4 is 33.9 Å². The summed E-state index contributed by atoms with van der Waals surface area (Å²) in [6.07, 6.45) is 3.99. The molecular formula is C29H26FN7O2. The summed E-state index contributed by atoms with van der Waals surface area (Å²) in [5.41, 5.74) is 4.13. The van der Waals surface area contributed by atoms with E-state index in [0.717, 1.165) is 42.4 Å². The zero-order valence-corrected chi connectivity index (χ0v) is 21.2. The first-order valence-electron chi connectivity index (χ1n) is 12.9. The fourth-order valence-corrected chi connectivity index (χ4v) is 4.88. The summed E-state index contributed by atoms with van der Waals surface area (Å²) in [5.74, 6) is -1.20. The van der Waals surface area contributed by atoms with Crippen LogP contribution in [0.3, 0.4) is 0 Å². The molecular weight excluding hydrogens is 497 g/mol. The van der Waals surface area contributed by atoms with E-state index in [9.17, 15) is 14.0 Å². The van der Waals surface area contributed by atoms with Gasteiger partial charge in [-0.25, -0.2) is 14.1 Å². The molecule has 4 heterocycles. The Kier molecular flexibility index (Phi) is 6.66. The summed E-state index contributed by atoms with van der Waals surface area (Å²) < 4.78 is 16.7. The number of carbonyl (C=O) groups is 2. The second-order valence-corrected chi connectivity index (χ2v) is 9.61. The van der Waals surface area contributed by atoms with Gasteiger partial charge in [0.05, 0.1) is 23.3 Å². The van der Waals surface area contributed by atoms with Gasteiger partial charge in [0.15, 0.2) is 5.65 Å². The van der Waals surface area contributed by atoms with E-state index >= 15 is 0 Å². The van der Waals surface area contributed by atoms with Crippen molar-refractivity contribution in [1.29, 1.82) is 0 Å². The topological polar surface area (TPSA) is 106 Å². The van der Waals surface area contributed by atoms with Gasteiger partial charge in [-0.1, -0.05) is 23.4 Å². The second kappa shape index (κ2) is 10.6. The number of pyridine rings is 2. The van der Waals surface area contributed by atoms with Crippen LogP contribution in [-0.2, 0) is 11.3 Å². The Balaban J connectivity index is 1.17. The molecule has 0 spiro atoms. The average Bonchev–Trinajstić information content (AvgIpc) is 3.63. The third-order valence-corrected chi connectivity index (χ3v) is 6.95. The van der Waals surface area contributed by atoms with E-state index in [2.05, 4.69) is 26.7 Å². The van der Waals surface area contributed by atoms with Crippen molar-refractivity contribution < 1.29 is 14.0 Å². The Hall–Kier alpha value is -4.73. The summed E-state index contributed by atoms with van der Waals surface area (Å²) >= 11 is 0. The molecule has 1 saturated heterocycles. The van der Waals surface area contributed by atoms with Crippen LogP contribution in [0.5, 0.6) is 0 Å². The maximum atomic E-state index is 15.0. The average molecular weight is 524 g/mol. The van der Waals surface area contributed by atoms with E-state index in [4.69, 9.17) is 4.98 Å². The first-order valence-corrected chi connectivity index (χ1v) is 12.9. The maximum absolute atomic E-state index is 15.0. The molecule has 0 bridgehead atoms. The van der Waals surface area contributed by atoms with E-state index < -0.39 is 11.7 Å². The highest BCUT2D eigenvalue weighted by molar-refractivity contribution is 5.95. The Bertz CT molecular complexity index is 1690. The number of likely N-dealkylation sites (tertiary alicyclic amines) is 1. The molecule has 1 aliphatic heterocycles. The summed E-state index contributed by atoms with van der Waals surface area (Å²) in [4.78, 5) is 35.6. The smallest absolute Gasteiger partial charge is 0.254 e. The molecule has 0 aliphatic carbocycles. The van der Waals surface area contributed by atoms with Crippen LogP contribution in [0.15, 0.2) is 66.9 Å². The molecule has 1 aliphatic rings. The van der Waals surface area contributed by atoms with Gasteiger partial charge < -0.3 is 10.2 Å². The molecule has 5 aromatic rings. The summed E-state index contributed by atoms with van der Waals surface area (Å²) in [5, 5.41) is 12.2. The van der Waals surface area contributed by atoms with Crippen molar-refractivity contribution in [2.45, 2.75) is 25.8 Å². The number of hydrogen-bond donors (Lipinski definition) is 1. The SMILES string of the molecule is O=C(NCCC(=O)N1CCCC1)c1ccc(-c2ccc3nnn(Cc4ccc5ncccc5c4)c3n2)cc1F. The number of amides is 2. The van der Waals surface area contributed by atoms with Crippen molar-refractivity contribution in [1.82, 2.24) is 35.2 Å². The van der Waals surface area contributed by atoms with Crippen LogP contribution in [0.2, 0.25) is 0 Å². The Labute approximate surface area is 223 Å². The molecule has 196 valence electrons. The molecule has 0 saturated carbocycles. The Morgan fingerprint density at radius 3 is 2.67 bits per heavy atom. The largest absolute Gasteiger partial charge is 0.351 e. The normalized spacial score (nSPS) is 13.3. The maximum Gasteiger partial charge on any atom is 0.254 e. The van der Waals surface area contributed by atoms with Gasteiger partial charge in [0.2, 0.25) is 5.91 Å². The fraction of sp³-hybridized carbons (Fsp3) is 0.241. The van der Waals surface area contributed by atoms with Crippen LogP contribution in [0.4, 0.5) is 4.39 Å². The fourth-order valence-electron chi connectivity index (χ4n) is 4.88. The monoisotopic (exact) mass is 523 g/mol.